The van der Waals surface area contributed by atoms with Crippen molar-refractivity contribution in [2.24, 2.45) is 0 Å². The SMILES string of the molecule is CCCNCC(C)S(=O)(=O)N1CCC2CCC(C1)N2C. The molecule has 2 rings (SSSR count). The molecule has 5 nitrogen and oxygen atoms in total. The second-order valence-electron chi connectivity index (χ2n) is 6.26. The molecule has 3 atom stereocenters. The van der Waals surface area contributed by atoms with Crippen LogP contribution in [0.1, 0.15) is 39.5 Å². The zero-order valence-electron chi connectivity index (χ0n) is 13.0. The molecular weight excluding hydrogens is 274 g/mol. The molecule has 0 amide bonds. The van der Waals surface area contributed by atoms with E-state index in [9.17, 15) is 8.42 Å². The third-order valence-corrected chi connectivity index (χ3v) is 7.07. The van der Waals surface area contributed by atoms with Crippen LogP contribution < -0.4 is 5.32 Å². The largest absolute Gasteiger partial charge is 0.315 e. The van der Waals surface area contributed by atoms with Gasteiger partial charge in [0.15, 0.2) is 0 Å². The maximum atomic E-state index is 12.7. The van der Waals surface area contributed by atoms with Gasteiger partial charge in [0.05, 0.1) is 5.25 Å². The van der Waals surface area contributed by atoms with Gasteiger partial charge in [-0.2, -0.15) is 0 Å². The van der Waals surface area contributed by atoms with Crippen LogP contribution in [0.3, 0.4) is 0 Å². The molecule has 2 fully saturated rings. The Morgan fingerprint density at radius 2 is 1.95 bits per heavy atom. The minimum atomic E-state index is -3.17. The third-order valence-electron chi connectivity index (χ3n) is 4.84. The summed E-state index contributed by atoms with van der Waals surface area (Å²) in [5, 5.41) is 2.89. The molecule has 0 aromatic heterocycles. The molecule has 0 saturated carbocycles. The Balaban J connectivity index is 1.98. The zero-order chi connectivity index (χ0) is 14.8. The molecule has 2 aliphatic rings. The number of hydrogen-bond donors (Lipinski definition) is 1. The summed E-state index contributed by atoms with van der Waals surface area (Å²) in [4.78, 5) is 2.38. The molecule has 0 spiro atoms. The Labute approximate surface area is 123 Å². The monoisotopic (exact) mass is 303 g/mol. The number of nitrogens with zero attached hydrogens (tertiary/aromatic N) is 2. The van der Waals surface area contributed by atoms with E-state index >= 15 is 0 Å². The number of likely N-dealkylation sites (N-methyl/N-ethyl adjacent to an activating group) is 1. The van der Waals surface area contributed by atoms with Crippen molar-refractivity contribution in [1.29, 1.82) is 0 Å². The topological polar surface area (TPSA) is 52.7 Å². The first-order valence-electron chi connectivity index (χ1n) is 7.88. The highest BCUT2D eigenvalue weighted by molar-refractivity contribution is 7.89. The molecule has 0 radical (unpaired) electrons. The van der Waals surface area contributed by atoms with Gasteiger partial charge in [0.1, 0.15) is 0 Å². The zero-order valence-corrected chi connectivity index (χ0v) is 13.8. The first-order chi connectivity index (χ1) is 9.46. The van der Waals surface area contributed by atoms with Crippen LogP contribution in [0.5, 0.6) is 0 Å². The van der Waals surface area contributed by atoms with Crippen molar-refractivity contribution in [1.82, 2.24) is 14.5 Å². The van der Waals surface area contributed by atoms with E-state index in [1.54, 1.807) is 4.31 Å². The van der Waals surface area contributed by atoms with Gasteiger partial charge in [-0.25, -0.2) is 12.7 Å². The van der Waals surface area contributed by atoms with Crippen molar-refractivity contribution >= 4 is 10.0 Å². The van der Waals surface area contributed by atoms with E-state index in [1.807, 2.05) is 6.92 Å². The Hall–Kier alpha value is -0.170. The number of sulfonamides is 1. The van der Waals surface area contributed by atoms with Crippen LogP contribution >= 0.6 is 0 Å². The molecule has 118 valence electrons. The van der Waals surface area contributed by atoms with Crippen molar-refractivity contribution < 1.29 is 8.42 Å². The number of nitrogens with one attached hydrogen (secondary N) is 1. The van der Waals surface area contributed by atoms with Crippen LogP contribution in [-0.2, 0) is 10.0 Å². The van der Waals surface area contributed by atoms with Gasteiger partial charge in [0.25, 0.3) is 0 Å². The second-order valence-corrected chi connectivity index (χ2v) is 8.61. The van der Waals surface area contributed by atoms with E-state index in [4.69, 9.17) is 0 Å². The first-order valence-corrected chi connectivity index (χ1v) is 9.38. The number of rotatable bonds is 6. The molecule has 2 heterocycles. The smallest absolute Gasteiger partial charge is 0.218 e. The van der Waals surface area contributed by atoms with E-state index in [1.165, 1.54) is 6.42 Å². The van der Waals surface area contributed by atoms with Crippen molar-refractivity contribution in [2.45, 2.75) is 56.9 Å². The fourth-order valence-electron chi connectivity index (χ4n) is 3.35. The summed E-state index contributed by atoms with van der Waals surface area (Å²) in [5.41, 5.74) is 0. The van der Waals surface area contributed by atoms with Crippen LogP contribution in [0.2, 0.25) is 0 Å². The molecule has 20 heavy (non-hydrogen) atoms. The highest BCUT2D eigenvalue weighted by atomic mass is 32.2. The van der Waals surface area contributed by atoms with Gasteiger partial charge in [-0.1, -0.05) is 6.92 Å². The highest BCUT2D eigenvalue weighted by Gasteiger charge is 2.39. The van der Waals surface area contributed by atoms with Crippen LogP contribution in [-0.4, -0.2) is 68.2 Å². The lowest BCUT2D eigenvalue weighted by Crippen LogP contribution is -2.45. The van der Waals surface area contributed by atoms with E-state index in [0.717, 1.165) is 25.8 Å². The average molecular weight is 303 g/mol. The Bertz CT molecular complexity index is 413. The van der Waals surface area contributed by atoms with Crippen molar-refractivity contribution in [2.75, 3.05) is 33.2 Å². The molecule has 6 heteroatoms. The predicted molar refractivity (Wildman–Crippen MR) is 82.3 cm³/mol. The lowest BCUT2D eigenvalue weighted by molar-refractivity contribution is 0.246. The summed E-state index contributed by atoms with van der Waals surface area (Å²) in [6.45, 7) is 6.71. The van der Waals surface area contributed by atoms with Crippen molar-refractivity contribution in [3.05, 3.63) is 0 Å². The van der Waals surface area contributed by atoms with Crippen LogP contribution in [0.25, 0.3) is 0 Å². The van der Waals surface area contributed by atoms with E-state index in [-0.39, 0.29) is 5.25 Å². The quantitative estimate of drug-likeness (QED) is 0.740. The van der Waals surface area contributed by atoms with Gasteiger partial charge >= 0.3 is 0 Å². The second kappa shape index (κ2) is 6.73. The van der Waals surface area contributed by atoms with Gasteiger partial charge in [0, 0.05) is 31.7 Å². The standard InChI is InChI=1S/C14H29N3O2S/c1-4-8-15-10-12(2)20(18,19)17-9-7-13-5-6-14(11-17)16(13)3/h12-15H,4-11H2,1-3H3. The Morgan fingerprint density at radius 1 is 1.25 bits per heavy atom. The normalized spacial score (nSPS) is 30.4. The number of fused-ring (bicyclic) bond motifs is 2. The highest BCUT2D eigenvalue weighted by Crippen LogP contribution is 2.30. The van der Waals surface area contributed by atoms with Crippen molar-refractivity contribution in [3.63, 3.8) is 0 Å². The lowest BCUT2D eigenvalue weighted by Gasteiger charge is -2.28. The molecule has 2 bridgehead atoms. The van der Waals surface area contributed by atoms with E-state index in [0.29, 0.717) is 31.7 Å². The molecule has 3 unspecified atom stereocenters. The third kappa shape index (κ3) is 3.35. The molecule has 2 saturated heterocycles. The van der Waals surface area contributed by atoms with Crippen LogP contribution in [0, 0.1) is 0 Å². The molecular formula is C14H29N3O2S. The van der Waals surface area contributed by atoms with E-state index < -0.39 is 10.0 Å². The minimum Gasteiger partial charge on any atom is -0.315 e. The molecule has 2 aliphatic heterocycles. The fourth-order valence-corrected chi connectivity index (χ4v) is 4.93. The molecule has 0 aromatic carbocycles. The minimum absolute atomic E-state index is 0.337. The van der Waals surface area contributed by atoms with Gasteiger partial charge < -0.3 is 5.32 Å². The average Bonchev–Trinajstić information content (AvgIpc) is 2.62. The Kier molecular flexibility index (Phi) is 5.45. The molecule has 0 aliphatic carbocycles. The van der Waals surface area contributed by atoms with E-state index in [2.05, 4.69) is 24.2 Å². The summed E-state index contributed by atoms with van der Waals surface area (Å²) in [5.74, 6) is 0. The van der Waals surface area contributed by atoms with Crippen LogP contribution in [0.4, 0.5) is 0 Å². The first kappa shape index (κ1) is 16.2. The number of hydrogen-bond acceptors (Lipinski definition) is 4. The molecule has 0 aromatic rings. The van der Waals surface area contributed by atoms with Gasteiger partial charge in [-0.3, -0.25) is 4.90 Å². The molecule has 1 N–H and O–H groups in total. The fraction of sp³-hybridized carbons (Fsp3) is 1.00. The summed E-state index contributed by atoms with van der Waals surface area (Å²) in [7, 11) is -1.02. The summed E-state index contributed by atoms with van der Waals surface area (Å²) in [6, 6.07) is 0.988. The van der Waals surface area contributed by atoms with Crippen LogP contribution in [0.15, 0.2) is 0 Å². The van der Waals surface area contributed by atoms with Gasteiger partial charge in [-0.15, -0.1) is 0 Å². The summed E-state index contributed by atoms with van der Waals surface area (Å²) in [6.07, 6.45) is 4.37. The van der Waals surface area contributed by atoms with Gasteiger partial charge in [0.2, 0.25) is 10.0 Å². The maximum absolute atomic E-state index is 12.7. The summed E-state index contributed by atoms with van der Waals surface area (Å²) < 4.78 is 27.1. The summed E-state index contributed by atoms with van der Waals surface area (Å²) >= 11 is 0. The maximum Gasteiger partial charge on any atom is 0.218 e. The lowest BCUT2D eigenvalue weighted by atomic mass is 10.1. The van der Waals surface area contributed by atoms with Crippen molar-refractivity contribution in [3.8, 4) is 0 Å². The van der Waals surface area contributed by atoms with Gasteiger partial charge in [-0.05, 0) is 46.2 Å². The predicted octanol–water partition coefficient (Wildman–Crippen LogP) is 0.873. The Morgan fingerprint density at radius 3 is 2.65 bits per heavy atom.